The molecule has 0 unspecified atom stereocenters. The van der Waals surface area contributed by atoms with Crippen molar-refractivity contribution in [2.45, 2.75) is 0 Å². The zero-order valence-corrected chi connectivity index (χ0v) is 10.7. The Kier molecular flexibility index (Phi) is 3.95. The van der Waals surface area contributed by atoms with E-state index in [9.17, 15) is 14.0 Å². The first-order chi connectivity index (χ1) is 9.49. The number of carboxylic acid groups (broad SMARTS) is 1. The van der Waals surface area contributed by atoms with Gasteiger partial charge in [-0.15, -0.1) is 0 Å². The fraction of sp³-hybridized carbons (Fsp3) is 0. The van der Waals surface area contributed by atoms with Gasteiger partial charge in [-0.2, -0.15) is 0 Å². The highest BCUT2D eigenvalue weighted by Gasteiger charge is 2.14. The highest BCUT2D eigenvalue weighted by atomic mass is 35.5. The number of nitrogens with zero attached hydrogens (tertiary/aromatic N) is 1. The van der Waals surface area contributed by atoms with Crippen molar-refractivity contribution in [3.8, 4) is 0 Å². The standard InChI is InChI=1S/C13H8ClFN2O3/c14-11-8(2-1-3-9(11)15)12(18)17-10-6-7(13(19)20)4-5-16-10/h1-6H,(H,19,20)(H,16,17,18). The summed E-state index contributed by atoms with van der Waals surface area (Å²) in [7, 11) is 0. The lowest BCUT2D eigenvalue weighted by Gasteiger charge is -2.07. The first-order valence-corrected chi connectivity index (χ1v) is 5.81. The van der Waals surface area contributed by atoms with Crippen molar-refractivity contribution < 1.29 is 19.1 Å². The van der Waals surface area contributed by atoms with Gasteiger partial charge in [-0.1, -0.05) is 17.7 Å². The Morgan fingerprint density at radius 3 is 2.75 bits per heavy atom. The number of anilines is 1. The molecule has 0 aliphatic rings. The van der Waals surface area contributed by atoms with Crippen molar-refractivity contribution in [2.75, 3.05) is 5.32 Å². The average Bonchev–Trinajstić information content (AvgIpc) is 2.42. The number of carboxylic acids is 1. The molecule has 1 heterocycles. The Morgan fingerprint density at radius 2 is 2.05 bits per heavy atom. The number of amides is 1. The molecule has 102 valence electrons. The van der Waals surface area contributed by atoms with Crippen LogP contribution in [0.2, 0.25) is 5.02 Å². The molecule has 0 atom stereocenters. The van der Waals surface area contributed by atoms with Crippen LogP contribution < -0.4 is 5.32 Å². The molecule has 0 aliphatic carbocycles. The molecule has 5 nitrogen and oxygen atoms in total. The van der Waals surface area contributed by atoms with E-state index in [0.29, 0.717) is 0 Å². The third-order valence-corrected chi connectivity index (χ3v) is 2.83. The van der Waals surface area contributed by atoms with Crippen LogP contribution >= 0.6 is 11.6 Å². The molecule has 1 amide bonds. The van der Waals surface area contributed by atoms with Gasteiger partial charge in [-0.25, -0.2) is 14.2 Å². The maximum absolute atomic E-state index is 13.2. The lowest BCUT2D eigenvalue weighted by Crippen LogP contribution is -2.14. The van der Waals surface area contributed by atoms with Gasteiger partial charge in [0.25, 0.3) is 5.91 Å². The predicted molar refractivity (Wildman–Crippen MR) is 70.6 cm³/mol. The van der Waals surface area contributed by atoms with Crippen LogP contribution in [0.5, 0.6) is 0 Å². The molecule has 0 bridgehead atoms. The molecule has 2 N–H and O–H groups in total. The quantitative estimate of drug-likeness (QED) is 0.912. The van der Waals surface area contributed by atoms with E-state index in [1.165, 1.54) is 30.5 Å². The van der Waals surface area contributed by atoms with Crippen LogP contribution in [0, 0.1) is 5.82 Å². The lowest BCUT2D eigenvalue weighted by molar-refractivity contribution is 0.0696. The average molecular weight is 295 g/mol. The summed E-state index contributed by atoms with van der Waals surface area (Å²) in [5, 5.41) is 10.9. The number of carbonyl (C=O) groups is 2. The van der Waals surface area contributed by atoms with E-state index in [2.05, 4.69) is 10.3 Å². The molecule has 0 fully saturated rings. The van der Waals surface area contributed by atoms with Crippen LogP contribution in [-0.4, -0.2) is 22.0 Å². The van der Waals surface area contributed by atoms with Crippen molar-refractivity contribution in [3.63, 3.8) is 0 Å². The smallest absolute Gasteiger partial charge is 0.335 e. The fourth-order valence-corrected chi connectivity index (χ4v) is 1.71. The molecule has 0 aliphatic heterocycles. The van der Waals surface area contributed by atoms with Crippen LogP contribution in [0.1, 0.15) is 20.7 Å². The molecule has 0 radical (unpaired) electrons. The van der Waals surface area contributed by atoms with E-state index in [4.69, 9.17) is 16.7 Å². The SMILES string of the molecule is O=C(O)c1ccnc(NC(=O)c2cccc(F)c2Cl)c1. The lowest BCUT2D eigenvalue weighted by atomic mass is 10.2. The van der Waals surface area contributed by atoms with Gasteiger partial charge in [-0.3, -0.25) is 4.79 Å². The second-order valence-electron chi connectivity index (χ2n) is 3.79. The van der Waals surface area contributed by atoms with Gasteiger partial charge in [-0.05, 0) is 24.3 Å². The van der Waals surface area contributed by atoms with Crippen molar-refractivity contribution in [3.05, 3.63) is 58.5 Å². The summed E-state index contributed by atoms with van der Waals surface area (Å²) in [6.07, 6.45) is 1.24. The highest BCUT2D eigenvalue weighted by Crippen LogP contribution is 2.20. The molecule has 0 saturated carbocycles. The van der Waals surface area contributed by atoms with E-state index in [1.807, 2.05) is 0 Å². The van der Waals surface area contributed by atoms with Crippen LogP contribution in [0.25, 0.3) is 0 Å². The van der Waals surface area contributed by atoms with E-state index in [1.54, 1.807) is 0 Å². The van der Waals surface area contributed by atoms with Crippen molar-refractivity contribution in [1.82, 2.24) is 4.98 Å². The van der Waals surface area contributed by atoms with E-state index in [-0.39, 0.29) is 22.0 Å². The minimum atomic E-state index is -1.15. The number of hydrogen-bond acceptors (Lipinski definition) is 3. The molecule has 2 aromatic rings. The number of rotatable bonds is 3. The maximum Gasteiger partial charge on any atom is 0.335 e. The van der Waals surface area contributed by atoms with Crippen LogP contribution in [-0.2, 0) is 0 Å². The minimum absolute atomic E-state index is 0.0272. The van der Waals surface area contributed by atoms with Gasteiger partial charge in [0, 0.05) is 6.20 Å². The monoisotopic (exact) mass is 294 g/mol. The van der Waals surface area contributed by atoms with E-state index in [0.717, 1.165) is 6.07 Å². The zero-order valence-electron chi connectivity index (χ0n) is 9.93. The summed E-state index contributed by atoms with van der Waals surface area (Å²) >= 11 is 5.69. The molecule has 0 spiro atoms. The summed E-state index contributed by atoms with van der Waals surface area (Å²) in [5.41, 5.74) is -0.0881. The predicted octanol–water partition coefficient (Wildman–Crippen LogP) is 2.82. The zero-order chi connectivity index (χ0) is 14.7. The summed E-state index contributed by atoms with van der Waals surface area (Å²) in [5.74, 6) is -2.50. The molecule has 0 saturated heterocycles. The second-order valence-corrected chi connectivity index (χ2v) is 4.17. The Balaban J connectivity index is 2.26. The number of pyridine rings is 1. The van der Waals surface area contributed by atoms with Gasteiger partial charge in [0.2, 0.25) is 0 Å². The fourth-order valence-electron chi connectivity index (χ4n) is 1.49. The van der Waals surface area contributed by atoms with Gasteiger partial charge in [0.15, 0.2) is 0 Å². The number of benzene rings is 1. The Labute approximate surface area is 118 Å². The van der Waals surface area contributed by atoms with Crippen LogP contribution in [0.15, 0.2) is 36.5 Å². The van der Waals surface area contributed by atoms with Gasteiger partial charge >= 0.3 is 5.97 Å². The van der Waals surface area contributed by atoms with Crippen LogP contribution in [0.4, 0.5) is 10.2 Å². The topological polar surface area (TPSA) is 79.3 Å². The molecule has 1 aromatic heterocycles. The summed E-state index contributed by atoms with van der Waals surface area (Å²) in [4.78, 5) is 26.5. The molecule has 20 heavy (non-hydrogen) atoms. The summed E-state index contributed by atoms with van der Waals surface area (Å²) in [6, 6.07) is 6.29. The third kappa shape index (κ3) is 2.92. The molecule has 2 rings (SSSR count). The van der Waals surface area contributed by atoms with Gasteiger partial charge in [0.05, 0.1) is 16.1 Å². The second kappa shape index (κ2) is 5.66. The molecular formula is C13H8ClFN2O3. The number of hydrogen-bond donors (Lipinski definition) is 2. The molecule has 7 heteroatoms. The molecule has 1 aromatic carbocycles. The van der Waals surface area contributed by atoms with E-state index >= 15 is 0 Å². The van der Waals surface area contributed by atoms with Gasteiger partial charge in [0.1, 0.15) is 11.6 Å². The van der Waals surface area contributed by atoms with Crippen molar-refractivity contribution in [2.24, 2.45) is 0 Å². The number of nitrogens with one attached hydrogen (secondary N) is 1. The maximum atomic E-state index is 13.2. The van der Waals surface area contributed by atoms with Gasteiger partial charge < -0.3 is 10.4 Å². The minimum Gasteiger partial charge on any atom is -0.478 e. The normalized spacial score (nSPS) is 10.1. The number of halogens is 2. The first kappa shape index (κ1) is 14.0. The number of aromatic nitrogens is 1. The first-order valence-electron chi connectivity index (χ1n) is 5.44. The number of aromatic carboxylic acids is 1. The Morgan fingerprint density at radius 1 is 1.30 bits per heavy atom. The number of carbonyl (C=O) groups excluding carboxylic acids is 1. The van der Waals surface area contributed by atoms with Crippen LogP contribution in [0.3, 0.4) is 0 Å². The molecular weight excluding hydrogens is 287 g/mol. The summed E-state index contributed by atoms with van der Waals surface area (Å²) in [6.45, 7) is 0. The van der Waals surface area contributed by atoms with Crippen molar-refractivity contribution in [1.29, 1.82) is 0 Å². The highest BCUT2D eigenvalue weighted by molar-refractivity contribution is 6.34. The largest absolute Gasteiger partial charge is 0.478 e. The van der Waals surface area contributed by atoms with Crippen molar-refractivity contribution >= 4 is 29.3 Å². The Bertz CT molecular complexity index is 691. The van der Waals surface area contributed by atoms with E-state index < -0.39 is 17.7 Å². The third-order valence-electron chi connectivity index (χ3n) is 2.44. The Hall–Kier alpha value is -2.47. The summed E-state index contributed by atoms with van der Waals surface area (Å²) < 4.78 is 13.2.